The second kappa shape index (κ2) is 4.24. The van der Waals surface area contributed by atoms with Crippen LogP contribution in [0.3, 0.4) is 0 Å². The van der Waals surface area contributed by atoms with Crippen molar-refractivity contribution in [3.8, 4) is 5.75 Å². The van der Waals surface area contributed by atoms with E-state index in [2.05, 4.69) is 0 Å². The Bertz CT molecular complexity index is 616. The lowest BCUT2D eigenvalue weighted by atomic mass is 10.1. The molecule has 6 heteroatoms. The van der Waals surface area contributed by atoms with Gasteiger partial charge in [-0.3, -0.25) is 0 Å². The van der Waals surface area contributed by atoms with Crippen LogP contribution in [0.5, 0.6) is 5.75 Å². The van der Waals surface area contributed by atoms with Crippen molar-refractivity contribution < 1.29 is 13.2 Å². The van der Waals surface area contributed by atoms with Gasteiger partial charge in [-0.15, -0.1) is 11.3 Å². The summed E-state index contributed by atoms with van der Waals surface area (Å²) in [5.74, 6) is 0.367. The van der Waals surface area contributed by atoms with Gasteiger partial charge in [0, 0.05) is 26.3 Å². The fraction of sp³-hybridized carbons (Fsp3) is 0.200. The van der Waals surface area contributed by atoms with Crippen LogP contribution in [-0.4, -0.2) is 15.5 Å². The van der Waals surface area contributed by atoms with Gasteiger partial charge in [0.15, 0.2) is 0 Å². The molecule has 0 saturated heterocycles. The molecule has 3 nitrogen and oxygen atoms in total. The Balaban J connectivity index is 2.61. The molecule has 0 N–H and O–H groups in total. The lowest BCUT2D eigenvalue weighted by molar-refractivity contribution is 0.416. The summed E-state index contributed by atoms with van der Waals surface area (Å²) in [6.45, 7) is 0. The molecule has 0 amide bonds. The fourth-order valence-corrected chi connectivity index (χ4v) is 3.34. The van der Waals surface area contributed by atoms with E-state index in [-0.39, 0.29) is 5.75 Å². The largest absolute Gasteiger partial charge is 0.496 e. The maximum Gasteiger partial charge on any atom is 0.236 e. The Morgan fingerprint density at radius 3 is 2.75 bits per heavy atom. The summed E-state index contributed by atoms with van der Waals surface area (Å²) in [6, 6.07) is 5.51. The van der Waals surface area contributed by atoms with Gasteiger partial charge in [-0.1, -0.05) is 6.07 Å². The molecule has 0 spiro atoms. The third kappa shape index (κ3) is 2.31. The molecule has 86 valence electrons. The molecule has 1 heterocycles. The second-order valence-electron chi connectivity index (χ2n) is 3.27. The van der Waals surface area contributed by atoms with Gasteiger partial charge in [-0.2, -0.15) is 0 Å². The molecule has 16 heavy (non-hydrogen) atoms. The molecule has 0 aliphatic carbocycles. The molecule has 0 unspecified atom stereocenters. The summed E-state index contributed by atoms with van der Waals surface area (Å²) in [6.07, 6.45) is 0. The van der Waals surface area contributed by atoms with Crippen LogP contribution in [0.15, 0.2) is 23.6 Å². The van der Waals surface area contributed by atoms with Crippen LogP contribution >= 0.6 is 22.0 Å². The first-order chi connectivity index (χ1) is 7.51. The van der Waals surface area contributed by atoms with Crippen molar-refractivity contribution in [1.82, 2.24) is 0 Å². The molecule has 0 aliphatic rings. The van der Waals surface area contributed by atoms with Crippen molar-refractivity contribution in [3.63, 3.8) is 0 Å². The average molecular weight is 277 g/mol. The smallest absolute Gasteiger partial charge is 0.236 e. The van der Waals surface area contributed by atoms with Gasteiger partial charge in [-0.25, -0.2) is 8.42 Å². The van der Waals surface area contributed by atoms with E-state index >= 15 is 0 Å². The van der Waals surface area contributed by atoms with Crippen LogP contribution in [0.2, 0.25) is 0 Å². The number of hydrogen-bond donors (Lipinski definition) is 0. The van der Waals surface area contributed by atoms with Crippen LogP contribution in [0.1, 0.15) is 5.56 Å². The first-order valence-electron chi connectivity index (χ1n) is 4.46. The molecule has 0 radical (unpaired) electrons. The Kier molecular flexibility index (Phi) is 3.10. The molecular formula is C10H9ClO3S2. The minimum Gasteiger partial charge on any atom is -0.496 e. The Labute approximate surface area is 102 Å². The molecule has 1 aromatic heterocycles. The Morgan fingerprint density at radius 2 is 2.12 bits per heavy atom. The highest BCUT2D eigenvalue weighted by molar-refractivity contribution is 8.13. The minimum absolute atomic E-state index is 0.219. The number of fused-ring (bicyclic) bond motifs is 1. The maximum absolute atomic E-state index is 11.1. The molecular weight excluding hydrogens is 268 g/mol. The van der Waals surface area contributed by atoms with E-state index in [9.17, 15) is 8.42 Å². The van der Waals surface area contributed by atoms with E-state index in [1.165, 1.54) is 7.11 Å². The first kappa shape index (κ1) is 11.7. The molecule has 2 rings (SSSR count). The van der Waals surface area contributed by atoms with E-state index in [0.717, 1.165) is 10.1 Å². The first-order valence-corrected chi connectivity index (χ1v) is 7.82. The third-order valence-electron chi connectivity index (χ3n) is 2.20. The minimum atomic E-state index is -3.57. The van der Waals surface area contributed by atoms with Crippen LogP contribution in [0.25, 0.3) is 10.1 Å². The third-order valence-corrected chi connectivity index (χ3v) is 4.06. The predicted octanol–water partition coefficient (Wildman–Crippen LogP) is 2.98. The Morgan fingerprint density at radius 1 is 1.38 bits per heavy atom. The zero-order valence-corrected chi connectivity index (χ0v) is 10.8. The quantitative estimate of drug-likeness (QED) is 0.810. The van der Waals surface area contributed by atoms with Crippen molar-refractivity contribution in [1.29, 1.82) is 0 Å². The van der Waals surface area contributed by atoms with Crippen molar-refractivity contribution in [3.05, 3.63) is 29.1 Å². The van der Waals surface area contributed by atoms with Gasteiger partial charge in [0.25, 0.3) is 0 Å². The highest BCUT2D eigenvalue weighted by Crippen LogP contribution is 2.34. The Hall–Kier alpha value is -0.780. The maximum atomic E-state index is 11.1. The van der Waals surface area contributed by atoms with Gasteiger partial charge < -0.3 is 4.74 Å². The number of thiophene rings is 1. The van der Waals surface area contributed by atoms with Crippen LogP contribution in [-0.2, 0) is 14.8 Å². The van der Waals surface area contributed by atoms with Crippen molar-refractivity contribution in [2.24, 2.45) is 0 Å². The summed E-state index contributed by atoms with van der Waals surface area (Å²) in [5, 5.41) is 2.86. The van der Waals surface area contributed by atoms with Gasteiger partial charge in [0.1, 0.15) is 5.75 Å². The number of benzene rings is 1. The van der Waals surface area contributed by atoms with E-state index < -0.39 is 9.05 Å². The number of hydrogen-bond acceptors (Lipinski definition) is 4. The highest BCUT2D eigenvalue weighted by Gasteiger charge is 2.14. The lowest BCUT2D eigenvalue weighted by Gasteiger charge is -2.08. The molecule has 0 atom stereocenters. The summed E-state index contributed by atoms with van der Waals surface area (Å²) in [5.41, 5.74) is 0.586. The summed E-state index contributed by atoms with van der Waals surface area (Å²) in [4.78, 5) is 0. The van der Waals surface area contributed by atoms with E-state index in [1.54, 1.807) is 17.4 Å². The van der Waals surface area contributed by atoms with Crippen molar-refractivity contribution in [2.45, 2.75) is 5.75 Å². The number of ether oxygens (including phenoxy) is 1. The molecule has 0 bridgehead atoms. The molecule has 2 aromatic rings. The van der Waals surface area contributed by atoms with Gasteiger partial charge in [0.05, 0.1) is 12.9 Å². The number of rotatable bonds is 3. The van der Waals surface area contributed by atoms with Crippen LogP contribution < -0.4 is 4.74 Å². The zero-order valence-electron chi connectivity index (χ0n) is 8.44. The normalized spacial score (nSPS) is 11.9. The summed E-state index contributed by atoms with van der Waals surface area (Å²) >= 11 is 1.58. The van der Waals surface area contributed by atoms with Crippen LogP contribution in [0, 0.1) is 0 Å². The predicted molar refractivity (Wildman–Crippen MR) is 66.9 cm³/mol. The zero-order chi connectivity index (χ0) is 11.8. The van der Waals surface area contributed by atoms with Crippen molar-refractivity contribution >= 4 is 41.2 Å². The monoisotopic (exact) mass is 276 g/mol. The van der Waals surface area contributed by atoms with Crippen molar-refractivity contribution in [2.75, 3.05) is 7.11 Å². The lowest BCUT2D eigenvalue weighted by Crippen LogP contribution is -1.98. The standard InChI is InChI=1S/C10H9ClO3S2/c1-14-10-7(6-16(11,12)13)2-3-9-8(10)4-5-15-9/h2-5H,6H2,1H3. The average Bonchev–Trinajstić information content (AvgIpc) is 2.62. The number of halogens is 1. The fourth-order valence-electron chi connectivity index (χ4n) is 1.60. The second-order valence-corrected chi connectivity index (χ2v) is 7.00. The summed E-state index contributed by atoms with van der Waals surface area (Å²) in [7, 11) is 3.20. The topological polar surface area (TPSA) is 43.4 Å². The molecule has 0 fully saturated rings. The molecule has 1 aromatic carbocycles. The highest BCUT2D eigenvalue weighted by atomic mass is 35.7. The van der Waals surface area contributed by atoms with Gasteiger partial charge in [0.2, 0.25) is 9.05 Å². The summed E-state index contributed by atoms with van der Waals surface area (Å²) < 4.78 is 28.4. The number of methoxy groups -OCH3 is 1. The van der Waals surface area contributed by atoms with Crippen LogP contribution in [0.4, 0.5) is 0 Å². The van der Waals surface area contributed by atoms with E-state index in [4.69, 9.17) is 15.4 Å². The van der Waals surface area contributed by atoms with E-state index in [0.29, 0.717) is 11.3 Å². The van der Waals surface area contributed by atoms with Gasteiger partial charge in [-0.05, 0) is 17.5 Å². The molecule has 0 saturated carbocycles. The van der Waals surface area contributed by atoms with E-state index in [1.807, 2.05) is 17.5 Å². The molecule has 0 aliphatic heterocycles. The van der Waals surface area contributed by atoms with Gasteiger partial charge >= 0.3 is 0 Å². The SMILES string of the molecule is COc1c(CS(=O)(=O)Cl)ccc2sccc12.